The number of allylic oxidation sites excluding steroid dienone is 10. The van der Waals surface area contributed by atoms with E-state index < -0.39 is 0 Å². The van der Waals surface area contributed by atoms with Gasteiger partial charge in [-0.15, -0.1) is 0 Å². The van der Waals surface area contributed by atoms with Crippen molar-refractivity contribution in [2.24, 2.45) is 5.92 Å². The monoisotopic (exact) mass is 214 g/mol. The van der Waals surface area contributed by atoms with Crippen molar-refractivity contribution < 1.29 is 0 Å². The van der Waals surface area contributed by atoms with Gasteiger partial charge in [0, 0.05) is 0 Å². The van der Waals surface area contributed by atoms with Crippen LogP contribution < -0.4 is 0 Å². The fourth-order valence-corrected chi connectivity index (χ4v) is 1.53. The van der Waals surface area contributed by atoms with Crippen molar-refractivity contribution in [3.63, 3.8) is 0 Å². The first-order valence-corrected chi connectivity index (χ1v) is 6.07. The molecule has 86 valence electrons. The average Bonchev–Trinajstić information content (AvgIpc) is 2.49. The van der Waals surface area contributed by atoms with Crippen molar-refractivity contribution in [2.75, 3.05) is 0 Å². The zero-order valence-corrected chi connectivity index (χ0v) is 10.6. The van der Waals surface area contributed by atoms with Gasteiger partial charge in [-0.25, -0.2) is 0 Å². The molecule has 1 atom stereocenters. The largest absolute Gasteiger partial charge is 0.0847 e. The Balaban J connectivity index is 2.39. The lowest BCUT2D eigenvalue weighted by atomic mass is 10.1. The molecule has 0 bridgehead atoms. The second-order valence-electron chi connectivity index (χ2n) is 4.32. The summed E-state index contributed by atoms with van der Waals surface area (Å²) < 4.78 is 0. The molecule has 1 unspecified atom stereocenters. The highest BCUT2D eigenvalue weighted by molar-refractivity contribution is 5.29. The van der Waals surface area contributed by atoms with E-state index in [2.05, 4.69) is 69.4 Å². The van der Waals surface area contributed by atoms with Gasteiger partial charge in [0.2, 0.25) is 0 Å². The zero-order chi connectivity index (χ0) is 11.8. The van der Waals surface area contributed by atoms with Crippen LogP contribution in [0.1, 0.15) is 33.6 Å². The van der Waals surface area contributed by atoms with Crippen LogP contribution in [0.2, 0.25) is 0 Å². The highest BCUT2D eigenvalue weighted by atomic mass is 14.0. The Bertz CT molecular complexity index is 348. The van der Waals surface area contributed by atoms with Crippen LogP contribution in [0.4, 0.5) is 0 Å². The Hall–Kier alpha value is -1.30. The van der Waals surface area contributed by atoms with Crippen LogP contribution in [-0.2, 0) is 0 Å². The van der Waals surface area contributed by atoms with E-state index in [9.17, 15) is 0 Å². The normalized spacial score (nSPS) is 21.3. The van der Waals surface area contributed by atoms with E-state index in [0.29, 0.717) is 5.92 Å². The van der Waals surface area contributed by atoms with Crippen molar-refractivity contribution in [2.45, 2.75) is 33.6 Å². The van der Waals surface area contributed by atoms with E-state index in [0.717, 1.165) is 12.8 Å². The lowest BCUT2D eigenvalue weighted by Gasteiger charge is -1.98. The number of rotatable bonds is 4. The van der Waals surface area contributed by atoms with Gasteiger partial charge in [0.1, 0.15) is 0 Å². The van der Waals surface area contributed by atoms with E-state index in [1.807, 2.05) is 0 Å². The van der Waals surface area contributed by atoms with E-state index in [4.69, 9.17) is 0 Å². The molecule has 0 N–H and O–H groups in total. The Morgan fingerprint density at radius 3 is 2.94 bits per heavy atom. The maximum Gasteiger partial charge on any atom is -0.00755 e. The van der Waals surface area contributed by atoms with Crippen LogP contribution >= 0.6 is 0 Å². The lowest BCUT2D eigenvalue weighted by molar-refractivity contribution is 0.937. The van der Waals surface area contributed by atoms with Gasteiger partial charge in [-0.3, -0.25) is 0 Å². The minimum Gasteiger partial charge on any atom is -0.0847 e. The smallest absolute Gasteiger partial charge is 0.00755 e. The molecule has 1 aliphatic carbocycles. The molecule has 0 nitrogen and oxygen atoms in total. The molecule has 0 aliphatic heterocycles. The molecule has 1 rings (SSSR count). The molecule has 0 amide bonds. The molecule has 0 aromatic rings. The third kappa shape index (κ3) is 4.97. The molecule has 1 aliphatic rings. The molecule has 0 saturated heterocycles. The highest BCUT2D eigenvalue weighted by Crippen LogP contribution is 2.14. The van der Waals surface area contributed by atoms with Gasteiger partial charge in [0.25, 0.3) is 0 Å². The molecule has 0 saturated carbocycles. The first kappa shape index (κ1) is 12.8. The van der Waals surface area contributed by atoms with E-state index in [1.54, 1.807) is 0 Å². The highest BCUT2D eigenvalue weighted by Gasteiger charge is 1.96. The van der Waals surface area contributed by atoms with Crippen molar-refractivity contribution in [1.29, 1.82) is 0 Å². The summed E-state index contributed by atoms with van der Waals surface area (Å²) in [5, 5.41) is 0. The van der Waals surface area contributed by atoms with Crippen LogP contribution in [0, 0.1) is 5.92 Å². The molecular formula is C16H22. The standard InChI is InChI=1S/C16H22/c1-4-14(2)8-5-6-10-16-11-7-9-15(3)12-13-16/h4-5,7-9,11-13,15H,6,10H2,1-3H3/b8-5-,14-4-. The summed E-state index contributed by atoms with van der Waals surface area (Å²) in [5.74, 6) is 0.564. The van der Waals surface area contributed by atoms with Gasteiger partial charge >= 0.3 is 0 Å². The molecular weight excluding hydrogens is 192 g/mol. The van der Waals surface area contributed by atoms with Crippen LogP contribution in [0.25, 0.3) is 0 Å². The molecule has 0 heterocycles. The zero-order valence-electron chi connectivity index (χ0n) is 10.6. The summed E-state index contributed by atoms with van der Waals surface area (Å²) in [6, 6.07) is 0. The lowest BCUT2D eigenvalue weighted by Crippen LogP contribution is -1.80. The van der Waals surface area contributed by atoms with Gasteiger partial charge in [-0.1, -0.05) is 61.1 Å². The van der Waals surface area contributed by atoms with Gasteiger partial charge in [0.15, 0.2) is 0 Å². The van der Waals surface area contributed by atoms with Crippen molar-refractivity contribution in [3.05, 3.63) is 59.8 Å². The maximum absolute atomic E-state index is 2.26. The fourth-order valence-electron chi connectivity index (χ4n) is 1.53. The molecule has 0 fully saturated rings. The first-order chi connectivity index (χ1) is 7.72. The predicted molar refractivity (Wildman–Crippen MR) is 73.3 cm³/mol. The molecule has 0 radical (unpaired) electrons. The van der Waals surface area contributed by atoms with Crippen LogP contribution in [0.15, 0.2) is 59.8 Å². The Kier molecular flexibility index (Phi) is 5.63. The van der Waals surface area contributed by atoms with Crippen LogP contribution in [0.5, 0.6) is 0 Å². The summed E-state index contributed by atoms with van der Waals surface area (Å²) in [7, 11) is 0. The minimum absolute atomic E-state index is 0.564. The van der Waals surface area contributed by atoms with Crippen LogP contribution in [-0.4, -0.2) is 0 Å². The quantitative estimate of drug-likeness (QED) is 0.579. The van der Waals surface area contributed by atoms with E-state index in [1.165, 1.54) is 11.1 Å². The summed E-state index contributed by atoms with van der Waals surface area (Å²) in [5.41, 5.74) is 2.75. The number of hydrogen-bond donors (Lipinski definition) is 0. The molecule has 0 aromatic carbocycles. The van der Waals surface area contributed by atoms with Crippen molar-refractivity contribution >= 4 is 0 Å². The Morgan fingerprint density at radius 2 is 2.19 bits per heavy atom. The summed E-state index contributed by atoms with van der Waals surface area (Å²) in [4.78, 5) is 0. The van der Waals surface area contributed by atoms with Gasteiger partial charge < -0.3 is 0 Å². The van der Waals surface area contributed by atoms with Gasteiger partial charge in [0.05, 0.1) is 0 Å². The Morgan fingerprint density at radius 1 is 1.38 bits per heavy atom. The van der Waals surface area contributed by atoms with Crippen molar-refractivity contribution in [3.8, 4) is 0 Å². The molecule has 0 heteroatoms. The number of hydrogen-bond acceptors (Lipinski definition) is 0. The third-order valence-corrected chi connectivity index (χ3v) is 2.77. The molecule has 0 spiro atoms. The summed E-state index contributed by atoms with van der Waals surface area (Å²) in [6.45, 7) is 6.41. The summed E-state index contributed by atoms with van der Waals surface area (Å²) >= 11 is 0. The molecule has 16 heavy (non-hydrogen) atoms. The second-order valence-corrected chi connectivity index (χ2v) is 4.32. The molecule has 0 aromatic heterocycles. The third-order valence-electron chi connectivity index (χ3n) is 2.77. The Labute approximate surface area is 99.8 Å². The van der Waals surface area contributed by atoms with E-state index >= 15 is 0 Å². The average molecular weight is 214 g/mol. The minimum atomic E-state index is 0.564. The predicted octanol–water partition coefficient (Wildman–Crippen LogP) is 4.98. The fraction of sp³-hybridized carbons (Fsp3) is 0.375. The van der Waals surface area contributed by atoms with E-state index in [-0.39, 0.29) is 0 Å². The van der Waals surface area contributed by atoms with Gasteiger partial charge in [-0.2, -0.15) is 0 Å². The SMILES string of the molecule is C/C=C(C)\C=C/CCC1=CC=CC(C)C=C1. The van der Waals surface area contributed by atoms with Crippen molar-refractivity contribution in [1.82, 2.24) is 0 Å². The topological polar surface area (TPSA) is 0 Å². The van der Waals surface area contributed by atoms with Gasteiger partial charge in [-0.05, 0) is 38.2 Å². The summed E-state index contributed by atoms with van der Waals surface area (Å²) in [6.07, 6.45) is 19.9. The maximum atomic E-state index is 2.26. The van der Waals surface area contributed by atoms with Crippen LogP contribution in [0.3, 0.4) is 0 Å². The first-order valence-electron chi connectivity index (χ1n) is 6.07. The second kappa shape index (κ2) is 7.05.